The molecule has 0 aromatic heterocycles. The van der Waals surface area contributed by atoms with E-state index in [4.69, 9.17) is 4.74 Å². The van der Waals surface area contributed by atoms with E-state index in [-0.39, 0.29) is 18.0 Å². The summed E-state index contributed by atoms with van der Waals surface area (Å²) >= 11 is 0. The Morgan fingerprint density at radius 3 is 2.85 bits per heavy atom. The van der Waals surface area contributed by atoms with E-state index >= 15 is 0 Å². The molecular weight excluding hydrogens is 257 g/mol. The first-order chi connectivity index (χ1) is 9.65. The van der Waals surface area contributed by atoms with Crippen molar-refractivity contribution in [1.82, 2.24) is 4.90 Å². The molecule has 0 spiro atoms. The highest BCUT2D eigenvalue weighted by Gasteiger charge is 2.21. The van der Waals surface area contributed by atoms with Crippen LogP contribution in [0.15, 0.2) is 24.3 Å². The first-order valence-corrected chi connectivity index (χ1v) is 7.16. The molecule has 3 nitrogen and oxygen atoms in total. The topological polar surface area (TPSA) is 29.5 Å². The van der Waals surface area contributed by atoms with Gasteiger partial charge in [0.25, 0.3) is 0 Å². The number of hydrogen-bond acceptors (Lipinski definition) is 3. The Morgan fingerprint density at radius 1 is 1.40 bits per heavy atom. The predicted octanol–water partition coefficient (Wildman–Crippen LogP) is 2.30. The van der Waals surface area contributed by atoms with Crippen LogP contribution in [-0.4, -0.2) is 44.0 Å². The summed E-state index contributed by atoms with van der Waals surface area (Å²) in [4.78, 5) is 13.8. The van der Waals surface area contributed by atoms with Crippen molar-refractivity contribution in [3.63, 3.8) is 0 Å². The minimum absolute atomic E-state index is 0.0276. The first-order valence-electron chi connectivity index (χ1n) is 7.16. The number of carbonyl (C=O) groups is 1. The van der Waals surface area contributed by atoms with Crippen molar-refractivity contribution in [2.75, 3.05) is 33.4 Å². The fourth-order valence-electron chi connectivity index (χ4n) is 2.05. The molecule has 1 aliphatic carbocycles. The highest BCUT2D eigenvalue weighted by atomic mass is 19.1. The molecule has 0 atom stereocenters. The summed E-state index contributed by atoms with van der Waals surface area (Å²) in [6, 6.07) is 6.43. The fourth-order valence-corrected chi connectivity index (χ4v) is 2.05. The number of halogens is 1. The summed E-state index contributed by atoms with van der Waals surface area (Å²) in [6.45, 7) is 2.56. The van der Waals surface area contributed by atoms with Crippen LogP contribution in [0.3, 0.4) is 0 Å². The van der Waals surface area contributed by atoms with Gasteiger partial charge in [0.15, 0.2) is 5.78 Å². The Hall–Kier alpha value is -1.26. The van der Waals surface area contributed by atoms with Gasteiger partial charge in [-0.05, 0) is 37.4 Å². The predicted molar refractivity (Wildman–Crippen MR) is 76.2 cm³/mol. The molecule has 0 bridgehead atoms. The standard InChI is InChI=1S/C16H22FNO2/c1-18(8-9-20-12-13-6-7-13)11-15(19)10-14-4-2-3-5-16(14)17/h2-5,13H,6-12H2,1H3. The lowest BCUT2D eigenvalue weighted by molar-refractivity contribution is -0.119. The Bertz CT molecular complexity index is 446. The molecule has 110 valence electrons. The largest absolute Gasteiger partial charge is 0.380 e. The van der Waals surface area contributed by atoms with Gasteiger partial charge in [-0.3, -0.25) is 9.69 Å². The number of Topliss-reactive ketones (excluding diaryl/α,β-unsaturated/α-hetero) is 1. The van der Waals surface area contributed by atoms with Gasteiger partial charge < -0.3 is 4.74 Å². The number of nitrogens with zero attached hydrogens (tertiary/aromatic N) is 1. The van der Waals surface area contributed by atoms with E-state index < -0.39 is 0 Å². The summed E-state index contributed by atoms with van der Waals surface area (Å²) in [5.41, 5.74) is 0.468. The molecule has 0 aliphatic heterocycles. The summed E-state index contributed by atoms with van der Waals surface area (Å²) in [6.07, 6.45) is 2.73. The highest BCUT2D eigenvalue weighted by molar-refractivity contribution is 5.82. The maximum Gasteiger partial charge on any atom is 0.151 e. The van der Waals surface area contributed by atoms with Crippen LogP contribution in [0.5, 0.6) is 0 Å². The van der Waals surface area contributed by atoms with Crippen LogP contribution in [0, 0.1) is 11.7 Å². The quantitative estimate of drug-likeness (QED) is 0.650. The molecule has 2 rings (SSSR count). The molecule has 0 amide bonds. The lowest BCUT2D eigenvalue weighted by Gasteiger charge is -2.15. The van der Waals surface area contributed by atoms with Gasteiger partial charge in [0.05, 0.1) is 13.2 Å². The Morgan fingerprint density at radius 2 is 2.15 bits per heavy atom. The van der Waals surface area contributed by atoms with Crippen LogP contribution in [0.1, 0.15) is 18.4 Å². The second-order valence-electron chi connectivity index (χ2n) is 5.56. The van der Waals surface area contributed by atoms with Crippen LogP contribution in [0.4, 0.5) is 4.39 Å². The van der Waals surface area contributed by atoms with E-state index in [2.05, 4.69) is 0 Å². The van der Waals surface area contributed by atoms with E-state index in [0.29, 0.717) is 18.7 Å². The minimum atomic E-state index is -0.309. The number of ketones is 1. The summed E-state index contributed by atoms with van der Waals surface area (Å²) in [5, 5.41) is 0. The molecule has 0 N–H and O–H groups in total. The van der Waals surface area contributed by atoms with E-state index in [0.717, 1.165) is 19.1 Å². The molecule has 1 saturated carbocycles. The second-order valence-corrected chi connectivity index (χ2v) is 5.56. The van der Waals surface area contributed by atoms with E-state index in [1.165, 1.54) is 18.9 Å². The maximum absolute atomic E-state index is 13.4. The van der Waals surface area contributed by atoms with Crippen molar-refractivity contribution < 1.29 is 13.9 Å². The van der Waals surface area contributed by atoms with Gasteiger partial charge in [0.1, 0.15) is 5.82 Å². The number of likely N-dealkylation sites (N-methyl/N-ethyl adjacent to an activating group) is 1. The Labute approximate surface area is 119 Å². The zero-order valence-electron chi connectivity index (χ0n) is 12.0. The van der Waals surface area contributed by atoms with E-state index in [9.17, 15) is 9.18 Å². The fraction of sp³-hybridized carbons (Fsp3) is 0.562. The van der Waals surface area contributed by atoms with Crippen molar-refractivity contribution in [3.05, 3.63) is 35.6 Å². The molecule has 0 saturated heterocycles. The molecule has 1 aromatic carbocycles. The molecule has 0 radical (unpaired) electrons. The van der Waals surface area contributed by atoms with Crippen LogP contribution >= 0.6 is 0 Å². The molecular formula is C16H22FNO2. The number of rotatable bonds is 9. The third-order valence-electron chi connectivity index (χ3n) is 3.46. The molecule has 0 heterocycles. The molecule has 1 fully saturated rings. The van der Waals surface area contributed by atoms with E-state index in [1.807, 2.05) is 11.9 Å². The van der Waals surface area contributed by atoms with Crippen molar-refractivity contribution in [3.8, 4) is 0 Å². The smallest absolute Gasteiger partial charge is 0.151 e. The summed E-state index contributed by atoms with van der Waals surface area (Å²) in [7, 11) is 1.89. The zero-order chi connectivity index (χ0) is 14.4. The minimum Gasteiger partial charge on any atom is -0.380 e. The summed E-state index contributed by atoms with van der Waals surface area (Å²) < 4.78 is 19.0. The van der Waals surface area contributed by atoms with Gasteiger partial charge in [0.2, 0.25) is 0 Å². The van der Waals surface area contributed by atoms with Crippen molar-refractivity contribution in [2.45, 2.75) is 19.3 Å². The SMILES string of the molecule is CN(CCOCC1CC1)CC(=O)Cc1ccccc1F. The lowest BCUT2D eigenvalue weighted by Crippen LogP contribution is -2.30. The monoisotopic (exact) mass is 279 g/mol. The van der Waals surface area contributed by atoms with Crippen LogP contribution < -0.4 is 0 Å². The molecule has 1 aromatic rings. The van der Waals surface area contributed by atoms with Crippen molar-refractivity contribution in [1.29, 1.82) is 0 Å². The normalized spacial score (nSPS) is 14.8. The third kappa shape index (κ3) is 5.39. The number of benzene rings is 1. The third-order valence-corrected chi connectivity index (χ3v) is 3.46. The first kappa shape index (κ1) is 15.1. The second kappa shape index (κ2) is 7.50. The lowest BCUT2D eigenvalue weighted by atomic mass is 10.1. The van der Waals surface area contributed by atoms with Gasteiger partial charge in [0, 0.05) is 19.6 Å². The van der Waals surface area contributed by atoms with Gasteiger partial charge in [-0.2, -0.15) is 0 Å². The average Bonchev–Trinajstić information content (AvgIpc) is 3.21. The van der Waals surface area contributed by atoms with Crippen molar-refractivity contribution >= 4 is 5.78 Å². The van der Waals surface area contributed by atoms with Gasteiger partial charge in [-0.25, -0.2) is 4.39 Å². The van der Waals surface area contributed by atoms with Crippen molar-refractivity contribution in [2.24, 2.45) is 5.92 Å². The molecule has 0 unspecified atom stereocenters. The summed E-state index contributed by atoms with van der Waals surface area (Å²) in [5.74, 6) is 0.485. The Balaban J connectivity index is 1.63. The van der Waals surface area contributed by atoms with Gasteiger partial charge in [-0.1, -0.05) is 18.2 Å². The van der Waals surface area contributed by atoms with Gasteiger partial charge in [-0.15, -0.1) is 0 Å². The van der Waals surface area contributed by atoms with Crippen LogP contribution in [-0.2, 0) is 16.0 Å². The number of hydrogen-bond donors (Lipinski definition) is 0. The molecule has 4 heteroatoms. The number of ether oxygens (including phenoxy) is 1. The van der Waals surface area contributed by atoms with Crippen LogP contribution in [0.2, 0.25) is 0 Å². The van der Waals surface area contributed by atoms with Gasteiger partial charge >= 0.3 is 0 Å². The Kier molecular flexibility index (Phi) is 5.68. The zero-order valence-corrected chi connectivity index (χ0v) is 12.0. The molecule has 1 aliphatic rings. The maximum atomic E-state index is 13.4. The van der Waals surface area contributed by atoms with Crippen LogP contribution in [0.25, 0.3) is 0 Å². The van der Waals surface area contributed by atoms with E-state index in [1.54, 1.807) is 18.2 Å². The average molecular weight is 279 g/mol. The highest BCUT2D eigenvalue weighted by Crippen LogP contribution is 2.28. The molecule has 20 heavy (non-hydrogen) atoms. The number of carbonyl (C=O) groups excluding carboxylic acids is 1.